The molecule has 1 atom stereocenters. The van der Waals surface area contributed by atoms with Gasteiger partial charge in [0.05, 0.1) is 15.1 Å². The Morgan fingerprint density at radius 1 is 1.08 bits per heavy atom. The molecule has 0 spiro atoms. The molecule has 0 radical (unpaired) electrons. The van der Waals surface area contributed by atoms with E-state index < -0.39 is 25.4 Å². The molecule has 7 nitrogen and oxygen atoms in total. The molecule has 0 bridgehead atoms. The molecule has 0 fully saturated rings. The number of carbonyl (C=O) groups is 1. The van der Waals surface area contributed by atoms with E-state index in [1.165, 1.54) is 36.4 Å². The molecule has 1 unspecified atom stereocenters. The second-order valence-corrected chi connectivity index (χ2v) is 7.62. The van der Waals surface area contributed by atoms with Gasteiger partial charge in [-0.1, -0.05) is 52.1 Å². The molecule has 0 amide bonds. The van der Waals surface area contributed by atoms with Gasteiger partial charge in [-0.3, -0.25) is 4.79 Å². The highest BCUT2D eigenvalue weighted by Crippen LogP contribution is 2.46. The minimum Gasteiger partial charge on any atom is -0.485 e. The van der Waals surface area contributed by atoms with E-state index >= 15 is 0 Å². The van der Waals surface area contributed by atoms with Crippen molar-refractivity contribution in [1.29, 1.82) is 0 Å². The summed E-state index contributed by atoms with van der Waals surface area (Å²) in [5.41, 5.74) is -1.10. The molecule has 0 aliphatic carbocycles. The molecule has 2 rings (SSSR count). The summed E-state index contributed by atoms with van der Waals surface area (Å²) in [4.78, 5) is 22.1. The van der Waals surface area contributed by atoms with Crippen LogP contribution in [0.25, 0.3) is 0 Å². The van der Waals surface area contributed by atoms with Crippen molar-refractivity contribution in [2.75, 3.05) is 6.61 Å². The minimum absolute atomic E-state index is 0.0403. The zero-order chi connectivity index (χ0) is 19.3. The number of ether oxygens (including phenoxy) is 1. The normalized spacial score (nSPS) is 13.8. The fourth-order valence-corrected chi connectivity index (χ4v) is 3.27. The SMILES string of the molecule is O=C(COc1ccc(Cl)c(Cl)c1)C(=NO)P(=O)(O)Oc1ccccc1Cl. The first kappa shape index (κ1) is 20.6. The summed E-state index contributed by atoms with van der Waals surface area (Å²) in [7, 11) is -4.81. The Balaban J connectivity index is 2.11. The number of oxime groups is 1. The Morgan fingerprint density at radius 2 is 1.77 bits per heavy atom. The fraction of sp³-hybridized carbons (Fsp3) is 0.0667. The Hall–Kier alpha value is -1.76. The number of hydrogen-bond acceptors (Lipinski definition) is 6. The molecule has 0 aromatic heterocycles. The van der Waals surface area contributed by atoms with Gasteiger partial charge in [-0.2, -0.15) is 0 Å². The van der Waals surface area contributed by atoms with Gasteiger partial charge in [0.1, 0.15) is 11.5 Å². The summed E-state index contributed by atoms with van der Waals surface area (Å²) in [6.45, 7) is -0.701. The first-order chi connectivity index (χ1) is 12.2. The predicted octanol–water partition coefficient (Wildman–Crippen LogP) is 4.65. The zero-order valence-corrected chi connectivity index (χ0v) is 16.0. The van der Waals surface area contributed by atoms with E-state index in [1.54, 1.807) is 6.07 Å². The molecule has 138 valence electrons. The monoisotopic (exact) mass is 437 g/mol. The first-order valence-corrected chi connectivity index (χ1v) is 9.56. The standard InChI is InChI=1S/C15H11Cl3NO6P/c16-10-6-5-9(7-12(10)18)24-8-13(20)15(19-21)26(22,23)25-14-4-2-1-3-11(14)17/h1-7,21H,8H2,(H,22,23). The van der Waals surface area contributed by atoms with Crippen LogP contribution in [-0.2, 0) is 9.36 Å². The Labute approximate surface area is 163 Å². The lowest BCUT2D eigenvalue weighted by atomic mass is 10.3. The third-order valence-corrected chi connectivity index (χ3v) is 5.30. The average Bonchev–Trinajstić information content (AvgIpc) is 2.58. The third kappa shape index (κ3) is 5.13. The topological polar surface area (TPSA) is 105 Å². The number of hydrogen-bond donors (Lipinski definition) is 2. The lowest BCUT2D eigenvalue weighted by Crippen LogP contribution is -2.23. The van der Waals surface area contributed by atoms with Crippen LogP contribution in [-0.4, -0.2) is 27.9 Å². The van der Waals surface area contributed by atoms with Crippen LogP contribution in [0.1, 0.15) is 0 Å². The van der Waals surface area contributed by atoms with Crippen LogP contribution in [0, 0.1) is 0 Å². The van der Waals surface area contributed by atoms with Gasteiger partial charge < -0.3 is 19.4 Å². The smallest absolute Gasteiger partial charge is 0.433 e. The summed E-state index contributed by atoms with van der Waals surface area (Å²) in [6, 6.07) is 10.1. The number of rotatable bonds is 7. The highest BCUT2D eigenvalue weighted by Gasteiger charge is 2.37. The minimum atomic E-state index is -4.81. The van der Waals surface area contributed by atoms with Gasteiger partial charge in [0, 0.05) is 6.07 Å². The summed E-state index contributed by atoms with van der Waals surface area (Å²) in [6.07, 6.45) is 0. The second-order valence-electron chi connectivity index (χ2n) is 4.75. The predicted molar refractivity (Wildman–Crippen MR) is 98.1 cm³/mol. The highest BCUT2D eigenvalue weighted by molar-refractivity contribution is 7.74. The zero-order valence-electron chi connectivity index (χ0n) is 12.8. The van der Waals surface area contributed by atoms with Gasteiger partial charge in [-0.25, -0.2) is 4.57 Å². The van der Waals surface area contributed by atoms with E-state index in [0.717, 1.165) is 0 Å². The van der Waals surface area contributed by atoms with Gasteiger partial charge in [0.25, 0.3) is 0 Å². The van der Waals surface area contributed by atoms with Crippen LogP contribution < -0.4 is 9.26 Å². The van der Waals surface area contributed by atoms with Crippen molar-refractivity contribution >= 4 is 53.6 Å². The van der Waals surface area contributed by atoms with Gasteiger partial charge in [-0.05, 0) is 24.3 Å². The molecule has 0 aliphatic heterocycles. The van der Waals surface area contributed by atoms with Crippen LogP contribution in [0.5, 0.6) is 11.5 Å². The number of ketones is 1. The molecule has 0 saturated carbocycles. The number of nitrogens with zero attached hydrogens (tertiary/aromatic N) is 1. The maximum absolute atomic E-state index is 12.3. The molecule has 0 saturated heterocycles. The van der Waals surface area contributed by atoms with Gasteiger partial charge >= 0.3 is 7.60 Å². The number of benzene rings is 2. The van der Waals surface area contributed by atoms with Gasteiger partial charge in [0.15, 0.2) is 6.61 Å². The number of carbonyl (C=O) groups excluding carboxylic acids is 1. The molecule has 11 heteroatoms. The van der Waals surface area contributed by atoms with Crippen molar-refractivity contribution in [2.45, 2.75) is 0 Å². The van der Waals surface area contributed by atoms with E-state index in [0.29, 0.717) is 0 Å². The van der Waals surface area contributed by atoms with Gasteiger partial charge in [0.2, 0.25) is 11.2 Å². The van der Waals surface area contributed by atoms with Crippen molar-refractivity contribution in [3.05, 3.63) is 57.5 Å². The van der Waals surface area contributed by atoms with E-state index in [2.05, 4.69) is 5.16 Å². The largest absolute Gasteiger partial charge is 0.485 e. The van der Waals surface area contributed by atoms with Gasteiger partial charge in [-0.15, -0.1) is 0 Å². The van der Waals surface area contributed by atoms with Crippen molar-refractivity contribution in [2.24, 2.45) is 5.16 Å². The van der Waals surface area contributed by atoms with Crippen LogP contribution in [0.3, 0.4) is 0 Å². The maximum Gasteiger partial charge on any atom is 0.433 e. The van der Waals surface area contributed by atoms with Crippen molar-refractivity contribution < 1.29 is 28.7 Å². The van der Waals surface area contributed by atoms with E-state index in [9.17, 15) is 14.3 Å². The fourth-order valence-electron chi connectivity index (χ4n) is 1.75. The lowest BCUT2D eigenvalue weighted by Gasteiger charge is -2.14. The number of halogens is 3. The highest BCUT2D eigenvalue weighted by atomic mass is 35.5. The third-order valence-electron chi connectivity index (χ3n) is 2.93. The van der Waals surface area contributed by atoms with Crippen LogP contribution >= 0.6 is 42.4 Å². The second kappa shape index (κ2) is 8.75. The molecule has 2 N–H and O–H groups in total. The summed E-state index contributed by atoms with van der Waals surface area (Å²) in [5, 5.41) is 12.1. The molecule has 0 heterocycles. The lowest BCUT2D eigenvalue weighted by molar-refractivity contribution is -0.114. The Bertz CT molecular complexity index is 905. The molecular weight excluding hydrogens is 427 g/mol. The average molecular weight is 439 g/mol. The quantitative estimate of drug-likeness (QED) is 0.282. The summed E-state index contributed by atoms with van der Waals surface area (Å²) < 4.78 is 22.3. The summed E-state index contributed by atoms with van der Waals surface area (Å²) in [5.74, 6) is -1.04. The van der Waals surface area contributed by atoms with Crippen molar-refractivity contribution in [1.82, 2.24) is 0 Å². The Morgan fingerprint density at radius 3 is 2.38 bits per heavy atom. The molecular formula is C15H11Cl3NO6P. The molecule has 2 aromatic rings. The molecule has 26 heavy (non-hydrogen) atoms. The van der Waals surface area contributed by atoms with E-state index in [-0.39, 0.29) is 26.6 Å². The molecule has 2 aromatic carbocycles. The van der Waals surface area contributed by atoms with Crippen LogP contribution in [0.2, 0.25) is 15.1 Å². The Kier molecular flexibility index (Phi) is 6.92. The van der Waals surface area contributed by atoms with E-state index in [4.69, 9.17) is 49.3 Å². The number of para-hydroxylation sites is 1. The number of Topliss-reactive ketones (excluding diaryl/α,β-unsaturated/α-hetero) is 1. The first-order valence-electron chi connectivity index (χ1n) is 6.85. The van der Waals surface area contributed by atoms with Crippen molar-refractivity contribution in [3.8, 4) is 11.5 Å². The van der Waals surface area contributed by atoms with E-state index in [1.807, 2.05) is 0 Å². The maximum atomic E-state index is 12.3. The van der Waals surface area contributed by atoms with Crippen LogP contribution in [0.4, 0.5) is 0 Å². The van der Waals surface area contributed by atoms with Crippen molar-refractivity contribution in [3.63, 3.8) is 0 Å². The van der Waals surface area contributed by atoms with Crippen LogP contribution in [0.15, 0.2) is 47.6 Å². The summed E-state index contributed by atoms with van der Waals surface area (Å²) >= 11 is 17.4. The molecule has 0 aliphatic rings.